The summed E-state index contributed by atoms with van der Waals surface area (Å²) in [6.45, 7) is 0.987. The second-order valence-electron chi connectivity index (χ2n) is 7.57. The van der Waals surface area contributed by atoms with Crippen molar-refractivity contribution in [1.29, 1.82) is 0 Å². The SMILES string of the molecule is FC(F)(F)c1ccc(CNc2nccn3c(-c4cnn(Cc5ccccc5)c4)cnc23)cc1. The molecule has 5 rings (SSSR count). The number of rotatable bonds is 6. The maximum absolute atomic E-state index is 12.8. The molecule has 0 atom stereocenters. The summed E-state index contributed by atoms with van der Waals surface area (Å²) in [4.78, 5) is 8.85. The summed E-state index contributed by atoms with van der Waals surface area (Å²) in [7, 11) is 0. The Morgan fingerprint density at radius 2 is 1.67 bits per heavy atom. The molecule has 3 aromatic heterocycles. The van der Waals surface area contributed by atoms with E-state index in [1.54, 1.807) is 18.6 Å². The van der Waals surface area contributed by atoms with Gasteiger partial charge in [0.05, 0.1) is 30.2 Å². The fourth-order valence-corrected chi connectivity index (χ4v) is 3.61. The van der Waals surface area contributed by atoms with E-state index in [1.807, 2.05) is 39.7 Å². The minimum absolute atomic E-state index is 0.321. The van der Waals surface area contributed by atoms with E-state index in [0.717, 1.165) is 29.0 Å². The van der Waals surface area contributed by atoms with Crippen molar-refractivity contribution in [3.8, 4) is 11.3 Å². The molecule has 0 aliphatic carbocycles. The van der Waals surface area contributed by atoms with E-state index >= 15 is 0 Å². The molecule has 0 amide bonds. The van der Waals surface area contributed by atoms with Crippen molar-refractivity contribution >= 4 is 11.5 Å². The molecular formula is C24H19F3N6. The van der Waals surface area contributed by atoms with Gasteiger partial charge in [0.1, 0.15) is 0 Å². The maximum atomic E-state index is 12.8. The van der Waals surface area contributed by atoms with Gasteiger partial charge in [0, 0.05) is 30.7 Å². The normalized spacial score (nSPS) is 11.7. The minimum Gasteiger partial charge on any atom is -0.363 e. The summed E-state index contributed by atoms with van der Waals surface area (Å²) in [5.74, 6) is 0.542. The van der Waals surface area contributed by atoms with E-state index in [2.05, 4.69) is 32.5 Å². The standard InChI is InChI=1S/C24H19F3N6/c25-24(26,27)20-8-6-17(7-9-20)12-29-22-23-30-14-21(33(23)11-10-28-22)19-13-31-32(16-19)15-18-4-2-1-3-5-18/h1-11,13-14,16H,12,15H2,(H,28,29). The Hall–Kier alpha value is -4.14. The Balaban J connectivity index is 1.34. The molecule has 0 saturated carbocycles. The summed E-state index contributed by atoms with van der Waals surface area (Å²) >= 11 is 0. The molecule has 166 valence electrons. The first-order chi connectivity index (χ1) is 16.0. The van der Waals surface area contributed by atoms with Crippen LogP contribution in [0.4, 0.5) is 19.0 Å². The highest BCUT2D eigenvalue weighted by atomic mass is 19.4. The third-order valence-corrected chi connectivity index (χ3v) is 5.29. The van der Waals surface area contributed by atoms with Gasteiger partial charge in [0.2, 0.25) is 0 Å². The predicted octanol–water partition coefficient (Wildman–Crippen LogP) is 5.27. The van der Waals surface area contributed by atoms with Gasteiger partial charge in [-0.1, -0.05) is 42.5 Å². The molecule has 0 spiro atoms. The number of benzene rings is 2. The smallest absolute Gasteiger partial charge is 0.363 e. The zero-order valence-corrected chi connectivity index (χ0v) is 17.4. The van der Waals surface area contributed by atoms with Crippen molar-refractivity contribution in [2.24, 2.45) is 0 Å². The molecule has 3 heterocycles. The van der Waals surface area contributed by atoms with Crippen LogP contribution in [0.2, 0.25) is 0 Å². The lowest BCUT2D eigenvalue weighted by molar-refractivity contribution is -0.137. The first-order valence-electron chi connectivity index (χ1n) is 10.3. The van der Waals surface area contributed by atoms with Crippen LogP contribution < -0.4 is 5.32 Å². The molecule has 0 radical (unpaired) electrons. The van der Waals surface area contributed by atoms with Crippen LogP contribution in [-0.2, 0) is 19.3 Å². The first-order valence-corrected chi connectivity index (χ1v) is 10.3. The molecule has 0 saturated heterocycles. The Labute approximate surface area is 187 Å². The van der Waals surface area contributed by atoms with Crippen molar-refractivity contribution in [1.82, 2.24) is 24.1 Å². The second kappa shape index (κ2) is 8.42. The Kier molecular flexibility index (Phi) is 5.29. The van der Waals surface area contributed by atoms with Crippen molar-refractivity contribution in [3.63, 3.8) is 0 Å². The van der Waals surface area contributed by atoms with Crippen LogP contribution in [0, 0.1) is 0 Å². The average molecular weight is 448 g/mol. The van der Waals surface area contributed by atoms with Crippen molar-refractivity contribution in [2.75, 3.05) is 5.32 Å². The largest absolute Gasteiger partial charge is 0.416 e. The fourth-order valence-electron chi connectivity index (χ4n) is 3.61. The number of nitrogens with one attached hydrogen (secondary N) is 1. The van der Waals surface area contributed by atoms with Gasteiger partial charge in [-0.15, -0.1) is 0 Å². The Morgan fingerprint density at radius 3 is 2.42 bits per heavy atom. The highest BCUT2D eigenvalue weighted by Gasteiger charge is 2.29. The Bertz CT molecular complexity index is 1370. The number of fused-ring (bicyclic) bond motifs is 1. The van der Waals surface area contributed by atoms with Gasteiger partial charge < -0.3 is 5.32 Å². The molecule has 5 aromatic rings. The molecule has 33 heavy (non-hydrogen) atoms. The molecule has 6 nitrogen and oxygen atoms in total. The zero-order valence-electron chi connectivity index (χ0n) is 17.4. The van der Waals surface area contributed by atoms with Crippen LogP contribution in [0.15, 0.2) is 85.6 Å². The maximum Gasteiger partial charge on any atom is 0.416 e. The lowest BCUT2D eigenvalue weighted by Gasteiger charge is -2.09. The topological polar surface area (TPSA) is 60.0 Å². The fraction of sp³-hybridized carbons (Fsp3) is 0.125. The monoisotopic (exact) mass is 448 g/mol. The van der Waals surface area contributed by atoms with E-state index in [-0.39, 0.29) is 0 Å². The van der Waals surface area contributed by atoms with Crippen LogP contribution in [0.5, 0.6) is 0 Å². The van der Waals surface area contributed by atoms with Crippen molar-refractivity contribution in [2.45, 2.75) is 19.3 Å². The van der Waals surface area contributed by atoms with Gasteiger partial charge >= 0.3 is 6.18 Å². The number of nitrogens with zero attached hydrogens (tertiary/aromatic N) is 5. The number of halogens is 3. The number of alkyl halides is 3. The molecular weight excluding hydrogens is 429 g/mol. The molecule has 9 heteroatoms. The van der Waals surface area contributed by atoms with E-state index in [1.165, 1.54) is 12.1 Å². The van der Waals surface area contributed by atoms with Gasteiger partial charge in [0.15, 0.2) is 11.5 Å². The molecule has 2 aromatic carbocycles. The van der Waals surface area contributed by atoms with E-state index in [4.69, 9.17) is 0 Å². The summed E-state index contributed by atoms with van der Waals surface area (Å²) in [5.41, 5.74) is 3.60. The van der Waals surface area contributed by atoms with Gasteiger partial charge in [-0.25, -0.2) is 9.97 Å². The molecule has 0 unspecified atom stereocenters. The molecule has 0 bridgehead atoms. The number of hydrogen-bond donors (Lipinski definition) is 1. The third kappa shape index (κ3) is 4.43. The van der Waals surface area contributed by atoms with Crippen LogP contribution in [-0.4, -0.2) is 24.1 Å². The van der Waals surface area contributed by atoms with Gasteiger partial charge in [0.25, 0.3) is 0 Å². The van der Waals surface area contributed by atoms with Gasteiger partial charge in [-0.05, 0) is 23.3 Å². The third-order valence-electron chi connectivity index (χ3n) is 5.29. The van der Waals surface area contributed by atoms with Crippen LogP contribution in [0.25, 0.3) is 16.9 Å². The zero-order chi connectivity index (χ0) is 22.8. The predicted molar refractivity (Wildman–Crippen MR) is 119 cm³/mol. The molecule has 0 aliphatic rings. The number of hydrogen-bond acceptors (Lipinski definition) is 4. The molecule has 1 N–H and O–H groups in total. The second-order valence-corrected chi connectivity index (χ2v) is 7.57. The van der Waals surface area contributed by atoms with Crippen LogP contribution in [0.3, 0.4) is 0 Å². The first kappa shape index (κ1) is 20.7. The summed E-state index contributed by atoms with van der Waals surface area (Å²) < 4.78 is 42.0. The number of anilines is 1. The highest BCUT2D eigenvalue weighted by Crippen LogP contribution is 2.29. The Morgan fingerprint density at radius 1 is 0.879 bits per heavy atom. The van der Waals surface area contributed by atoms with E-state index in [9.17, 15) is 13.2 Å². The summed E-state index contributed by atoms with van der Waals surface area (Å²) in [5, 5.41) is 7.63. The average Bonchev–Trinajstić information content (AvgIpc) is 3.45. The van der Waals surface area contributed by atoms with E-state index < -0.39 is 11.7 Å². The summed E-state index contributed by atoms with van der Waals surface area (Å²) in [6.07, 6.45) is 4.63. The number of aromatic nitrogens is 5. The minimum atomic E-state index is -4.35. The van der Waals surface area contributed by atoms with Gasteiger partial charge in [-0.2, -0.15) is 18.3 Å². The quantitative estimate of drug-likeness (QED) is 0.384. The summed E-state index contributed by atoms with van der Waals surface area (Å²) in [6, 6.07) is 15.1. The molecule has 0 aliphatic heterocycles. The van der Waals surface area contributed by atoms with E-state index in [0.29, 0.717) is 30.1 Å². The van der Waals surface area contributed by atoms with Crippen molar-refractivity contribution < 1.29 is 13.2 Å². The number of imidazole rings is 1. The van der Waals surface area contributed by atoms with Crippen LogP contribution in [0.1, 0.15) is 16.7 Å². The lowest BCUT2D eigenvalue weighted by Crippen LogP contribution is -2.06. The van der Waals surface area contributed by atoms with Gasteiger partial charge in [-0.3, -0.25) is 9.08 Å². The molecule has 0 fully saturated rings. The lowest BCUT2D eigenvalue weighted by atomic mass is 10.1. The van der Waals surface area contributed by atoms with Crippen LogP contribution >= 0.6 is 0 Å². The highest BCUT2D eigenvalue weighted by molar-refractivity contribution is 5.70. The van der Waals surface area contributed by atoms with Crippen molar-refractivity contribution in [3.05, 3.63) is 102 Å².